The molecule has 0 saturated heterocycles. The van der Waals surface area contributed by atoms with Crippen molar-refractivity contribution >= 4 is 81.6 Å². The van der Waals surface area contributed by atoms with E-state index >= 15 is 0 Å². The van der Waals surface area contributed by atoms with Crippen molar-refractivity contribution < 1.29 is 19.5 Å². The van der Waals surface area contributed by atoms with Gasteiger partial charge in [-0.3, -0.25) is 0 Å². The number of alkyl halides is 1. The third-order valence-corrected chi connectivity index (χ3v) is 8.37. The second kappa shape index (κ2) is 11.5. The molecule has 1 aromatic carbocycles. The zero-order valence-corrected chi connectivity index (χ0v) is 20.3. The van der Waals surface area contributed by atoms with Crippen molar-refractivity contribution in [1.82, 2.24) is 9.71 Å². The van der Waals surface area contributed by atoms with E-state index in [1.807, 2.05) is 22.9 Å². The van der Waals surface area contributed by atoms with Gasteiger partial charge in [0.25, 0.3) is 0 Å². The van der Waals surface area contributed by atoms with Crippen LogP contribution < -0.4 is 4.84 Å². The van der Waals surface area contributed by atoms with Gasteiger partial charge in [-0.2, -0.15) is 16.1 Å². The first kappa shape index (κ1) is 24.3. The molecule has 0 bridgehead atoms. The van der Waals surface area contributed by atoms with Gasteiger partial charge in [-0.1, -0.05) is 29.3 Å². The summed E-state index contributed by atoms with van der Waals surface area (Å²) in [5.41, 5.74) is 1.88. The second-order valence-electron chi connectivity index (χ2n) is 6.04. The maximum Gasteiger partial charge on any atom is 0.441 e. The van der Waals surface area contributed by atoms with Gasteiger partial charge in [0.05, 0.1) is 6.20 Å². The van der Waals surface area contributed by atoms with Crippen LogP contribution in [0.3, 0.4) is 0 Å². The van der Waals surface area contributed by atoms with Crippen LogP contribution in [0.15, 0.2) is 47.4 Å². The molecular formula is C19H15Cl3N2O4S3. The molecule has 3 rings (SSSR count). The highest BCUT2D eigenvalue weighted by Crippen LogP contribution is 2.42. The SMILES string of the molecule is O=C(O)C(=O)On1ccnc1CC(SCSC(Cl)c1ccsc1)c1ccc(Cl)cc1Cl. The number of rotatable bonds is 9. The third kappa shape index (κ3) is 6.81. The lowest BCUT2D eigenvalue weighted by Gasteiger charge is -2.19. The Morgan fingerprint density at radius 2 is 2.06 bits per heavy atom. The molecule has 31 heavy (non-hydrogen) atoms. The predicted molar refractivity (Wildman–Crippen MR) is 127 cm³/mol. The van der Waals surface area contributed by atoms with E-state index < -0.39 is 11.9 Å². The fraction of sp³-hybridized carbons (Fsp3) is 0.211. The van der Waals surface area contributed by atoms with Gasteiger partial charge in [0.1, 0.15) is 10.5 Å². The molecule has 3 aromatic rings. The molecular weight excluding hydrogens is 523 g/mol. The Morgan fingerprint density at radius 3 is 2.74 bits per heavy atom. The molecule has 0 radical (unpaired) electrons. The first-order chi connectivity index (χ1) is 14.8. The standard InChI is InChI=1S/C19H15Cl3N2O4S3/c20-12-1-2-13(14(21)7-12)15(30-10-31-17(22)11-3-6-29-9-11)8-16-23-4-5-24(16)28-19(27)18(25)26/h1-7,9,15,17H,8,10H2,(H,25,26). The molecule has 12 heteroatoms. The first-order valence-corrected chi connectivity index (χ1v) is 12.9. The maximum absolute atomic E-state index is 11.4. The van der Waals surface area contributed by atoms with Gasteiger partial charge in [-0.05, 0) is 40.1 Å². The minimum atomic E-state index is -1.69. The number of nitrogens with zero attached hydrogens (tertiary/aromatic N) is 2. The summed E-state index contributed by atoms with van der Waals surface area (Å²) in [5, 5.41) is 14.3. The Hall–Kier alpha value is -1.36. The molecule has 0 spiro atoms. The average molecular weight is 538 g/mol. The van der Waals surface area contributed by atoms with Gasteiger partial charge >= 0.3 is 11.9 Å². The molecule has 164 valence electrons. The molecule has 2 atom stereocenters. The normalized spacial score (nSPS) is 13.0. The molecule has 6 nitrogen and oxygen atoms in total. The molecule has 0 fully saturated rings. The molecule has 1 N–H and O–H groups in total. The van der Waals surface area contributed by atoms with E-state index in [1.165, 1.54) is 12.4 Å². The number of thiophene rings is 1. The van der Waals surface area contributed by atoms with Gasteiger partial charge in [-0.15, -0.1) is 35.1 Å². The Balaban J connectivity index is 1.76. The van der Waals surface area contributed by atoms with Crippen molar-refractivity contribution in [2.45, 2.75) is 16.4 Å². The fourth-order valence-corrected chi connectivity index (χ4v) is 7.04. The number of thioether (sulfide) groups is 2. The van der Waals surface area contributed by atoms with Gasteiger partial charge in [0.2, 0.25) is 0 Å². The van der Waals surface area contributed by atoms with Gasteiger partial charge in [-0.25, -0.2) is 14.6 Å². The fourth-order valence-electron chi connectivity index (χ4n) is 2.55. The van der Waals surface area contributed by atoms with E-state index in [1.54, 1.807) is 47.0 Å². The number of benzene rings is 1. The van der Waals surface area contributed by atoms with Gasteiger partial charge in [0.15, 0.2) is 0 Å². The summed E-state index contributed by atoms with van der Waals surface area (Å²) in [4.78, 5) is 31.3. The lowest BCUT2D eigenvalue weighted by atomic mass is 10.1. The number of carboxylic acids is 1. The molecule has 0 amide bonds. The largest absolute Gasteiger partial charge is 0.473 e. The Kier molecular flexibility index (Phi) is 9.00. The second-order valence-corrected chi connectivity index (χ2v) is 11.0. The first-order valence-electron chi connectivity index (χ1n) is 8.67. The zero-order chi connectivity index (χ0) is 22.4. The highest BCUT2D eigenvalue weighted by Gasteiger charge is 2.22. The maximum atomic E-state index is 11.4. The van der Waals surface area contributed by atoms with Gasteiger partial charge in [0, 0.05) is 33.0 Å². The molecule has 0 saturated carbocycles. The smallest absolute Gasteiger partial charge is 0.441 e. The summed E-state index contributed by atoms with van der Waals surface area (Å²) in [7, 11) is 0. The van der Waals surface area contributed by atoms with Crippen molar-refractivity contribution in [1.29, 1.82) is 0 Å². The van der Waals surface area contributed by atoms with E-state index in [0.717, 1.165) is 15.9 Å². The van der Waals surface area contributed by atoms with Crippen LogP contribution in [0.5, 0.6) is 0 Å². The number of halogens is 3. The summed E-state index contributed by atoms with van der Waals surface area (Å²) in [6.07, 6.45) is 3.13. The van der Waals surface area contributed by atoms with Crippen LogP contribution in [0.4, 0.5) is 0 Å². The van der Waals surface area contributed by atoms with Crippen molar-refractivity contribution in [2.75, 3.05) is 5.08 Å². The Labute approximate surface area is 205 Å². The third-order valence-electron chi connectivity index (χ3n) is 4.00. The molecule has 0 aliphatic carbocycles. The molecule has 2 aromatic heterocycles. The number of imidazole rings is 1. The summed E-state index contributed by atoms with van der Waals surface area (Å²) >= 11 is 23.7. The van der Waals surface area contributed by atoms with Crippen LogP contribution >= 0.6 is 69.7 Å². The van der Waals surface area contributed by atoms with Crippen LogP contribution in [0.2, 0.25) is 10.0 Å². The monoisotopic (exact) mass is 536 g/mol. The highest BCUT2D eigenvalue weighted by molar-refractivity contribution is 8.16. The minimum Gasteiger partial charge on any atom is -0.473 e. The Bertz CT molecular complexity index is 1050. The van der Waals surface area contributed by atoms with E-state index in [-0.39, 0.29) is 9.96 Å². The van der Waals surface area contributed by atoms with E-state index in [2.05, 4.69) is 4.98 Å². The summed E-state index contributed by atoms with van der Waals surface area (Å²) in [6.45, 7) is 0. The number of carboxylic acid groups (broad SMARTS) is 1. The summed E-state index contributed by atoms with van der Waals surface area (Å²) in [6, 6.07) is 7.23. The van der Waals surface area contributed by atoms with Crippen LogP contribution in [-0.4, -0.2) is 31.8 Å². The zero-order valence-electron chi connectivity index (χ0n) is 15.6. The van der Waals surface area contributed by atoms with E-state index in [9.17, 15) is 9.59 Å². The summed E-state index contributed by atoms with van der Waals surface area (Å²) in [5.74, 6) is -2.71. The van der Waals surface area contributed by atoms with Crippen molar-refractivity contribution in [3.8, 4) is 0 Å². The molecule has 0 aliphatic heterocycles. The Morgan fingerprint density at radius 1 is 1.26 bits per heavy atom. The minimum absolute atomic E-state index is 0.173. The topological polar surface area (TPSA) is 81.4 Å². The summed E-state index contributed by atoms with van der Waals surface area (Å²) < 4.78 is 0.870. The van der Waals surface area contributed by atoms with Crippen LogP contribution in [-0.2, 0) is 16.0 Å². The molecule has 2 heterocycles. The van der Waals surface area contributed by atoms with Crippen molar-refractivity contribution in [2.24, 2.45) is 0 Å². The van der Waals surface area contributed by atoms with Crippen molar-refractivity contribution in [3.05, 3.63) is 74.4 Å². The number of hydrogen-bond donors (Lipinski definition) is 1. The van der Waals surface area contributed by atoms with Gasteiger partial charge < -0.3 is 9.94 Å². The van der Waals surface area contributed by atoms with Crippen LogP contribution in [0.1, 0.15) is 26.9 Å². The van der Waals surface area contributed by atoms with E-state index in [4.69, 9.17) is 44.7 Å². The number of carbonyl (C=O) groups excluding carboxylic acids is 1. The average Bonchev–Trinajstić information content (AvgIpc) is 3.40. The lowest BCUT2D eigenvalue weighted by molar-refractivity contribution is -0.164. The molecule has 0 aliphatic rings. The number of aromatic nitrogens is 2. The van der Waals surface area contributed by atoms with Crippen LogP contribution in [0, 0.1) is 0 Å². The van der Waals surface area contributed by atoms with E-state index in [0.29, 0.717) is 27.4 Å². The number of carbonyl (C=O) groups is 2. The predicted octanol–water partition coefficient (Wildman–Crippen LogP) is 5.94. The van der Waals surface area contributed by atoms with Crippen molar-refractivity contribution in [3.63, 3.8) is 0 Å². The molecule has 2 unspecified atom stereocenters. The number of hydrogen-bond acceptors (Lipinski definition) is 7. The number of aliphatic carboxylic acids is 1. The lowest BCUT2D eigenvalue weighted by Crippen LogP contribution is -2.28. The van der Waals surface area contributed by atoms with Crippen LogP contribution in [0.25, 0.3) is 0 Å². The quantitative estimate of drug-likeness (QED) is 0.206. The highest BCUT2D eigenvalue weighted by atomic mass is 35.5.